The monoisotopic (exact) mass is 254 g/mol. The summed E-state index contributed by atoms with van der Waals surface area (Å²) < 4.78 is 13.6. The number of hydrogen-bond acceptors (Lipinski definition) is 3. The Bertz CT molecular complexity index is 421. The summed E-state index contributed by atoms with van der Waals surface area (Å²) in [5, 5.41) is 13.7. The highest BCUT2D eigenvalue weighted by atomic mass is 19.1. The summed E-state index contributed by atoms with van der Waals surface area (Å²) >= 11 is 0. The number of hydrogen-bond donors (Lipinski definition) is 1. The first-order valence-electron chi connectivity index (χ1n) is 6.11. The van der Waals surface area contributed by atoms with E-state index in [1.54, 1.807) is 0 Å². The largest absolute Gasteiger partial charge is 0.375 e. The minimum atomic E-state index is -0.583. The van der Waals surface area contributed by atoms with Gasteiger partial charge in [-0.2, -0.15) is 0 Å². The zero-order chi connectivity index (χ0) is 13.7. The van der Waals surface area contributed by atoms with Gasteiger partial charge in [-0.15, -0.1) is 0 Å². The van der Waals surface area contributed by atoms with Crippen LogP contribution < -0.4 is 5.32 Å². The van der Waals surface area contributed by atoms with Gasteiger partial charge in [0.1, 0.15) is 5.69 Å². The van der Waals surface area contributed by atoms with Crippen molar-refractivity contribution in [3.05, 3.63) is 34.1 Å². The molecule has 1 rings (SSSR count). The zero-order valence-corrected chi connectivity index (χ0v) is 10.9. The van der Waals surface area contributed by atoms with Crippen LogP contribution in [0.3, 0.4) is 0 Å². The van der Waals surface area contributed by atoms with Gasteiger partial charge in [0, 0.05) is 12.1 Å². The van der Waals surface area contributed by atoms with E-state index in [0.717, 1.165) is 12.8 Å². The minimum Gasteiger partial charge on any atom is -0.375 e. The summed E-state index contributed by atoms with van der Waals surface area (Å²) in [4.78, 5) is 10.3. The molecular formula is C13H19FN2O2. The number of para-hydroxylation sites is 1. The van der Waals surface area contributed by atoms with E-state index in [-0.39, 0.29) is 17.4 Å². The number of nitrogens with zero attached hydrogens (tertiary/aromatic N) is 1. The molecule has 0 saturated carbocycles. The molecule has 0 spiro atoms. The quantitative estimate of drug-likeness (QED) is 0.617. The lowest BCUT2D eigenvalue weighted by Crippen LogP contribution is -2.17. The van der Waals surface area contributed by atoms with Crippen LogP contribution in [0.15, 0.2) is 18.2 Å². The van der Waals surface area contributed by atoms with Crippen molar-refractivity contribution in [2.45, 2.75) is 39.7 Å². The van der Waals surface area contributed by atoms with Gasteiger partial charge in [-0.05, 0) is 31.7 Å². The van der Waals surface area contributed by atoms with Crippen molar-refractivity contribution in [1.82, 2.24) is 0 Å². The fraction of sp³-hybridized carbons (Fsp3) is 0.538. The predicted octanol–water partition coefficient (Wildman–Crippen LogP) is 3.97. The minimum absolute atomic E-state index is 0.00278. The standard InChI is InChI=1S/C13H19FN2O2/c1-9(2)7-8-10(3)15-13-11(14)5-4-6-12(13)16(17)18/h4-6,9-10,15H,7-8H2,1-3H3. The maximum Gasteiger partial charge on any atom is 0.295 e. The maximum absolute atomic E-state index is 13.6. The first kappa shape index (κ1) is 14.4. The highest BCUT2D eigenvalue weighted by Crippen LogP contribution is 2.28. The molecule has 0 heterocycles. The first-order chi connectivity index (χ1) is 8.41. The van der Waals surface area contributed by atoms with Gasteiger partial charge in [-0.3, -0.25) is 10.1 Å². The van der Waals surface area contributed by atoms with Crippen molar-refractivity contribution in [3.8, 4) is 0 Å². The summed E-state index contributed by atoms with van der Waals surface area (Å²) in [6.07, 6.45) is 1.85. The van der Waals surface area contributed by atoms with E-state index in [9.17, 15) is 14.5 Å². The van der Waals surface area contributed by atoms with E-state index in [1.807, 2.05) is 6.92 Å². The smallest absolute Gasteiger partial charge is 0.295 e. The van der Waals surface area contributed by atoms with Crippen molar-refractivity contribution in [1.29, 1.82) is 0 Å². The van der Waals surface area contributed by atoms with E-state index in [1.165, 1.54) is 18.2 Å². The van der Waals surface area contributed by atoms with Crippen molar-refractivity contribution in [2.24, 2.45) is 5.92 Å². The molecule has 0 aliphatic rings. The molecule has 4 nitrogen and oxygen atoms in total. The second-order valence-electron chi connectivity index (χ2n) is 4.91. The number of rotatable bonds is 6. The van der Waals surface area contributed by atoms with Gasteiger partial charge in [0.05, 0.1) is 4.92 Å². The molecule has 0 radical (unpaired) electrons. The fourth-order valence-electron chi connectivity index (χ4n) is 1.71. The number of nitro benzene ring substituents is 1. The van der Waals surface area contributed by atoms with E-state index in [2.05, 4.69) is 19.2 Å². The van der Waals surface area contributed by atoms with E-state index < -0.39 is 10.7 Å². The van der Waals surface area contributed by atoms with Crippen LogP contribution in [0.1, 0.15) is 33.6 Å². The second kappa shape index (κ2) is 6.33. The summed E-state index contributed by atoms with van der Waals surface area (Å²) in [6.45, 7) is 6.12. The van der Waals surface area contributed by atoms with Gasteiger partial charge in [0.2, 0.25) is 0 Å². The van der Waals surface area contributed by atoms with Gasteiger partial charge in [0.25, 0.3) is 5.69 Å². The Labute approximate surface area is 106 Å². The summed E-state index contributed by atoms with van der Waals surface area (Å²) in [6, 6.07) is 3.88. The molecule has 1 aromatic carbocycles. The second-order valence-corrected chi connectivity index (χ2v) is 4.91. The number of nitro groups is 1. The van der Waals surface area contributed by atoms with Crippen LogP contribution in [0.25, 0.3) is 0 Å². The lowest BCUT2D eigenvalue weighted by Gasteiger charge is -2.16. The molecule has 1 N–H and O–H groups in total. The topological polar surface area (TPSA) is 55.2 Å². The Balaban J connectivity index is 2.80. The van der Waals surface area contributed by atoms with Crippen LogP contribution in [0, 0.1) is 21.8 Å². The lowest BCUT2D eigenvalue weighted by molar-refractivity contribution is -0.384. The number of benzene rings is 1. The Kier molecular flexibility index (Phi) is 5.07. The molecule has 0 aromatic heterocycles. The van der Waals surface area contributed by atoms with Gasteiger partial charge in [-0.25, -0.2) is 4.39 Å². The molecule has 100 valence electrons. The molecule has 0 saturated heterocycles. The summed E-state index contributed by atoms with van der Waals surface area (Å²) in [5.74, 6) is -0.0227. The zero-order valence-electron chi connectivity index (χ0n) is 10.9. The average Bonchev–Trinajstić information content (AvgIpc) is 2.28. The van der Waals surface area contributed by atoms with Crippen LogP contribution in [0.2, 0.25) is 0 Å². The Hall–Kier alpha value is -1.65. The van der Waals surface area contributed by atoms with E-state index in [0.29, 0.717) is 5.92 Å². The van der Waals surface area contributed by atoms with Crippen molar-refractivity contribution in [3.63, 3.8) is 0 Å². The SMILES string of the molecule is CC(C)CCC(C)Nc1c(F)cccc1[N+](=O)[O-]. The molecule has 0 bridgehead atoms. The van der Waals surface area contributed by atoms with E-state index >= 15 is 0 Å². The highest BCUT2D eigenvalue weighted by Gasteiger charge is 2.19. The molecule has 18 heavy (non-hydrogen) atoms. The molecule has 1 unspecified atom stereocenters. The number of anilines is 1. The highest BCUT2D eigenvalue weighted by molar-refractivity contribution is 5.62. The first-order valence-corrected chi connectivity index (χ1v) is 6.11. The third-order valence-electron chi connectivity index (χ3n) is 2.76. The predicted molar refractivity (Wildman–Crippen MR) is 70.2 cm³/mol. The van der Waals surface area contributed by atoms with Crippen LogP contribution in [-0.2, 0) is 0 Å². The fourth-order valence-corrected chi connectivity index (χ4v) is 1.71. The van der Waals surface area contributed by atoms with Gasteiger partial charge >= 0.3 is 0 Å². The number of halogens is 1. The Morgan fingerprint density at radius 2 is 2.00 bits per heavy atom. The maximum atomic E-state index is 13.6. The number of nitrogens with one attached hydrogen (secondary N) is 1. The summed E-state index contributed by atoms with van der Waals surface area (Å²) in [5.41, 5.74) is -0.231. The van der Waals surface area contributed by atoms with Crippen LogP contribution in [0.5, 0.6) is 0 Å². The lowest BCUT2D eigenvalue weighted by atomic mass is 10.0. The molecule has 0 aliphatic heterocycles. The van der Waals surface area contributed by atoms with Crippen molar-refractivity contribution in [2.75, 3.05) is 5.32 Å². The third kappa shape index (κ3) is 3.98. The van der Waals surface area contributed by atoms with E-state index in [4.69, 9.17) is 0 Å². The van der Waals surface area contributed by atoms with Gasteiger partial charge < -0.3 is 5.32 Å². The van der Waals surface area contributed by atoms with Gasteiger partial charge in [-0.1, -0.05) is 19.9 Å². The Morgan fingerprint density at radius 3 is 2.56 bits per heavy atom. The molecule has 0 fully saturated rings. The van der Waals surface area contributed by atoms with Crippen LogP contribution in [0.4, 0.5) is 15.8 Å². The normalized spacial score (nSPS) is 12.5. The van der Waals surface area contributed by atoms with Crippen LogP contribution in [-0.4, -0.2) is 11.0 Å². The molecule has 0 aliphatic carbocycles. The molecular weight excluding hydrogens is 235 g/mol. The molecule has 1 aromatic rings. The Morgan fingerprint density at radius 1 is 1.33 bits per heavy atom. The van der Waals surface area contributed by atoms with Gasteiger partial charge in [0.15, 0.2) is 5.82 Å². The van der Waals surface area contributed by atoms with Crippen LogP contribution >= 0.6 is 0 Å². The molecule has 0 amide bonds. The van der Waals surface area contributed by atoms with Crippen molar-refractivity contribution >= 4 is 11.4 Å². The molecule has 1 atom stereocenters. The average molecular weight is 254 g/mol. The van der Waals surface area contributed by atoms with Crippen molar-refractivity contribution < 1.29 is 9.31 Å². The third-order valence-corrected chi connectivity index (χ3v) is 2.76. The summed E-state index contributed by atoms with van der Waals surface area (Å²) in [7, 11) is 0. The molecule has 5 heteroatoms.